The Morgan fingerprint density at radius 2 is 1.00 bits per heavy atom. The van der Waals surface area contributed by atoms with E-state index in [4.69, 9.17) is 0 Å². The molecule has 21 heteroatoms. The van der Waals surface area contributed by atoms with E-state index in [9.17, 15) is 30.0 Å². The number of anilines is 2. The van der Waals surface area contributed by atoms with Crippen LogP contribution in [0, 0.1) is 0 Å². The third-order valence-electron chi connectivity index (χ3n) is 12.2. The zero-order chi connectivity index (χ0) is 35.7. The van der Waals surface area contributed by atoms with Gasteiger partial charge in [-0.3, -0.25) is 29.0 Å². The number of likely N-dealkylation sites (N-methyl/N-ethyl adjacent to an activating group) is 2. The molecule has 10 heterocycles. The number of rotatable bonds is 3. The Bertz CT molecular complexity index is 2010. The van der Waals surface area contributed by atoms with Crippen LogP contribution in [0.15, 0.2) is 48.5 Å². The average Bonchev–Trinajstić information content (AvgIpc) is 3.73. The molecule has 51 heavy (non-hydrogen) atoms. The van der Waals surface area contributed by atoms with E-state index in [2.05, 4.69) is 10.6 Å². The molecule has 2 aromatic rings. The zero-order valence-electron chi connectivity index (χ0n) is 26.4. The number of benzene rings is 2. The number of hydrogen-bond acceptors (Lipinski definition) is 17. The molecule has 14 nitrogen and oxygen atoms in total. The summed E-state index contributed by atoms with van der Waals surface area (Å²) in [4.78, 5) is 57.8. The highest BCUT2D eigenvalue weighted by Crippen LogP contribution is 2.78. The minimum Gasteiger partial charge on any atom is -0.392 e. The number of fused-ring (bicyclic) bond motifs is 14. The van der Waals surface area contributed by atoms with E-state index >= 15 is 9.59 Å². The van der Waals surface area contributed by atoms with Crippen LogP contribution < -0.4 is 10.6 Å². The van der Waals surface area contributed by atoms with E-state index in [-0.39, 0.29) is 0 Å². The Labute approximate surface area is 317 Å². The highest BCUT2D eigenvalue weighted by molar-refractivity contribution is 9.26. The summed E-state index contributed by atoms with van der Waals surface area (Å²) in [5.41, 5.74) is -1.58. The second kappa shape index (κ2) is 10.5. The zero-order valence-corrected chi connectivity index (χ0v) is 32.1. The molecular formula is C30H28N6O8S7. The van der Waals surface area contributed by atoms with Crippen molar-refractivity contribution in [1.82, 2.24) is 19.6 Å². The molecule has 12 rings (SSSR count). The lowest BCUT2D eigenvalue weighted by Gasteiger charge is -2.54. The van der Waals surface area contributed by atoms with Gasteiger partial charge < -0.3 is 40.9 Å². The summed E-state index contributed by atoms with van der Waals surface area (Å²) in [5, 5.41) is 55.7. The van der Waals surface area contributed by atoms with Gasteiger partial charge in [0.15, 0.2) is 0 Å². The maximum atomic E-state index is 15.1. The number of para-hydroxylation sites is 2. The predicted molar refractivity (Wildman–Crippen MR) is 201 cm³/mol. The summed E-state index contributed by atoms with van der Waals surface area (Å²) in [5.74, 6) is -2.42. The van der Waals surface area contributed by atoms with E-state index in [0.29, 0.717) is 22.5 Å². The van der Waals surface area contributed by atoms with Gasteiger partial charge in [-0.25, -0.2) is 0 Å². The molecule has 0 aliphatic carbocycles. The average molecular weight is 825 g/mol. The van der Waals surface area contributed by atoms with Crippen molar-refractivity contribution in [3.05, 3.63) is 59.7 Å². The first-order valence-electron chi connectivity index (χ1n) is 15.7. The standard InChI is InChI=1S/C30H28N6O8S7/c1-33-23(43)29-17(39)27(13-7-3-5-9-15(13)31-19(27)35(29)21(41)25(33,11-37)45-49-47-29)28-14-8-4-6-10-16(14)32-20(28)36-22(42)26(12-38)34(2)24(44)30(36,18(28)40)48-51-50-46-26/h3-10,17-20,31-32,37-40H,11-12H2,1-2H3. The predicted octanol–water partition coefficient (Wildman–Crippen LogP) is 1.22. The van der Waals surface area contributed by atoms with Crippen LogP contribution in [0.3, 0.4) is 0 Å². The molecule has 6 N–H and O–H groups in total. The molecular weight excluding hydrogens is 797 g/mol. The summed E-state index contributed by atoms with van der Waals surface area (Å²) in [6.45, 7) is -1.39. The fourth-order valence-electron chi connectivity index (χ4n) is 10.0. The van der Waals surface area contributed by atoms with Crippen molar-refractivity contribution in [2.24, 2.45) is 0 Å². The molecule has 0 aromatic heterocycles. The molecule has 4 amide bonds. The molecule has 0 saturated carbocycles. The quantitative estimate of drug-likeness (QED) is 0.243. The van der Waals surface area contributed by atoms with Crippen LogP contribution in [0.1, 0.15) is 11.1 Å². The lowest BCUT2D eigenvalue weighted by atomic mass is 9.52. The van der Waals surface area contributed by atoms with Gasteiger partial charge in [-0.15, -0.1) is 0 Å². The van der Waals surface area contributed by atoms with Gasteiger partial charge >= 0.3 is 0 Å². The summed E-state index contributed by atoms with van der Waals surface area (Å²) in [7, 11) is 10.6. The van der Waals surface area contributed by atoms with Crippen molar-refractivity contribution in [2.45, 2.75) is 54.9 Å². The summed E-state index contributed by atoms with van der Waals surface area (Å²) < 4.78 is 0. The molecule has 10 aliphatic heterocycles. The lowest BCUT2D eigenvalue weighted by molar-refractivity contribution is -0.168. The van der Waals surface area contributed by atoms with Crippen LogP contribution in [0.5, 0.6) is 0 Å². The smallest absolute Gasteiger partial charge is 0.265 e. The third-order valence-corrected chi connectivity index (χ3v) is 24.6. The molecule has 10 aliphatic rings. The van der Waals surface area contributed by atoms with E-state index in [1.54, 1.807) is 48.5 Å². The Morgan fingerprint density at radius 1 is 0.608 bits per heavy atom. The van der Waals surface area contributed by atoms with Gasteiger partial charge in [0.2, 0.25) is 19.5 Å². The number of carbonyl (C=O) groups is 4. The first-order valence-corrected chi connectivity index (χ1v) is 24.0. The molecule has 8 saturated heterocycles. The van der Waals surface area contributed by atoms with Gasteiger partial charge in [-0.2, -0.15) is 0 Å². The van der Waals surface area contributed by atoms with Gasteiger partial charge in [-0.1, -0.05) is 36.4 Å². The molecule has 4 bridgehead atoms. The van der Waals surface area contributed by atoms with Crippen molar-refractivity contribution in [1.29, 1.82) is 0 Å². The van der Waals surface area contributed by atoms with Gasteiger partial charge in [0.05, 0.1) is 24.0 Å². The van der Waals surface area contributed by atoms with Crippen LogP contribution in [-0.4, -0.2) is 135 Å². The summed E-state index contributed by atoms with van der Waals surface area (Å²) in [6, 6.07) is 14.3. The number of nitrogens with one attached hydrogen (secondary N) is 2. The number of hydrogen-bond donors (Lipinski definition) is 6. The van der Waals surface area contributed by atoms with Crippen LogP contribution >= 0.6 is 72.7 Å². The number of carbonyl (C=O) groups excluding carboxylic acids is 4. The summed E-state index contributed by atoms with van der Waals surface area (Å²) >= 11 is 0. The van der Waals surface area contributed by atoms with Crippen molar-refractivity contribution in [2.75, 3.05) is 37.9 Å². The van der Waals surface area contributed by atoms with Gasteiger partial charge in [0, 0.05) is 25.5 Å². The van der Waals surface area contributed by atoms with Crippen molar-refractivity contribution < 1.29 is 39.6 Å². The van der Waals surface area contributed by atoms with Crippen LogP contribution in [0.25, 0.3) is 0 Å². The number of aliphatic hydroxyl groups is 4. The first-order chi connectivity index (χ1) is 24.5. The maximum Gasteiger partial charge on any atom is 0.265 e. The highest BCUT2D eigenvalue weighted by atomic mass is 33.7. The van der Waals surface area contributed by atoms with E-state index < -0.39 is 91.7 Å². The number of amides is 4. The SMILES string of the molecule is CN1C(=O)C23SSSSC1(CO)C(=O)N2C1Nc2ccccc2C1(C12c4ccccc4NC1N1C(=O)C4(CO)SSSC1(C(=O)N4C)C2O)C3O. The van der Waals surface area contributed by atoms with Crippen molar-refractivity contribution in [3.8, 4) is 0 Å². The molecule has 2 aromatic carbocycles. The van der Waals surface area contributed by atoms with Gasteiger partial charge in [-0.05, 0) is 95.9 Å². The monoisotopic (exact) mass is 824 g/mol. The Balaban J connectivity index is 1.35. The van der Waals surface area contributed by atoms with E-state index in [1.165, 1.54) is 53.3 Å². The Hall–Kier alpha value is -1.79. The Kier molecular flexibility index (Phi) is 6.94. The fraction of sp³-hybridized carbons (Fsp3) is 0.467. The van der Waals surface area contributed by atoms with Crippen molar-refractivity contribution in [3.63, 3.8) is 0 Å². The minimum absolute atomic E-state index is 0.489. The molecule has 2 spiro atoms. The topological polar surface area (TPSA) is 186 Å². The van der Waals surface area contributed by atoms with Crippen molar-refractivity contribution >= 4 is 108 Å². The third kappa shape index (κ3) is 3.17. The number of aliphatic hydroxyl groups excluding tert-OH is 4. The molecule has 10 unspecified atom stereocenters. The maximum absolute atomic E-state index is 15.1. The largest absolute Gasteiger partial charge is 0.392 e. The van der Waals surface area contributed by atoms with Crippen LogP contribution in [0.2, 0.25) is 0 Å². The number of piperazine rings is 2. The fourth-order valence-corrected chi connectivity index (χ4v) is 23.5. The lowest BCUT2D eigenvalue weighted by Crippen LogP contribution is -2.76. The second-order valence-electron chi connectivity index (χ2n) is 13.6. The van der Waals surface area contributed by atoms with Gasteiger partial charge in [0.25, 0.3) is 23.6 Å². The van der Waals surface area contributed by atoms with Crippen LogP contribution in [-0.2, 0) is 30.0 Å². The molecule has 8 fully saturated rings. The first kappa shape index (κ1) is 33.8. The van der Waals surface area contributed by atoms with E-state index in [0.717, 1.165) is 53.0 Å². The minimum atomic E-state index is -1.98. The second-order valence-corrected chi connectivity index (χ2v) is 24.2. The Morgan fingerprint density at radius 3 is 1.45 bits per heavy atom. The molecule has 0 radical (unpaired) electrons. The highest BCUT2D eigenvalue weighted by Gasteiger charge is 2.92. The molecule has 10 atom stereocenters. The van der Waals surface area contributed by atoms with Gasteiger partial charge in [0.1, 0.15) is 24.5 Å². The number of nitrogens with zero attached hydrogens (tertiary/aromatic N) is 4. The van der Waals surface area contributed by atoms with E-state index in [1.807, 2.05) is 0 Å². The summed E-state index contributed by atoms with van der Waals surface area (Å²) in [6.07, 6.45) is -5.94. The molecule has 268 valence electrons. The normalized spacial score (nSPS) is 44.3. The van der Waals surface area contributed by atoms with Crippen LogP contribution in [0.4, 0.5) is 11.4 Å².